The standard InChI is InChI=1S/C12H11N3S/c1-8-14-11(7-16-8)9-3-4-12-10(5-9)6-13-15(12)2/h3-7H,1-2H3. The van der Waals surface area contributed by atoms with Crippen molar-refractivity contribution < 1.29 is 0 Å². The smallest absolute Gasteiger partial charge is 0.0901 e. The molecule has 0 radical (unpaired) electrons. The zero-order chi connectivity index (χ0) is 11.1. The van der Waals surface area contributed by atoms with Crippen LogP contribution >= 0.6 is 11.3 Å². The van der Waals surface area contributed by atoms with Crippen LogP contribution in [0.25, 0.3) is 22.2 Å². The predicted octanol–water partition coefficient (Wildman–Crippen LogP) is 3.01. The molecule has 0 N–H and O–H groups in total. The van der Waals surface area contributed by atoms with E-state index in [0.717, 1.165) is 27.2 Å². The lowest BCUT2D eigenvalue weighted by atomic mass is 10.1. The minimum atomic E-state index is 1.05. The van der Waals surface area contributed by atoms with Gasteiger partial charge < -0.3 is 0 Å². The van der Waals surface area contributed by atoms with Crippen LogP contribution in [0, 0.1) is 6.92 Å². The van der Waals surface area contributed by atoms with Crippen molar-refractivity contribution in [1.29, 1.82) is 0 Å². The Labute approximate surface area is 97.4 Å². The highest BCUT2D eigenvalue weighted by Gasteiger charge is 2.05. The molecule has 2 heterocycles. The fourth-order valence-corrected chi connectivity index (χ4v) is 2.44. The molecule has 2 aromatic heterocycles. The quantitative estimate of drug-likeness (QED) is 0.642. The number of fused-ring (bicyclic) bond motifs is 1. The summed E-state index contributed by atoms with van der Waals surface area (Å²) < 4.78 is 1.88. The third-order valence-corrected chi connectivity index (χ3v) is 3.43. The maximum absolute atomic E-state index is 4.49. The summed E-state index contributed by atoms with van der Waals surface area (Å²) in [5, 5.41) is 8.58. The van der Waals surface area contributed by atoms with Crippen molar-refractivity contribution in [1.82, 2.24) is 14.8 Å². The minimum Gasteiger partial charge on any atom is -0.268 e. The van der Waals surface area contributed by atoms with Gasteiger partial charge >= 0.3 is 0 Å². The zero-order valence-electron chi connectivity index (χ0n) is 9.14. The Morgan fingerprint density at radius 1 is 1.31 bits per heavy atom. The first-order valence-corrected chi connectivity index (χ1v) is 5.96. The number of nitrogens with zero attached hydrogens (tertiary/aromatic N) is 3. The summed E-state index contributed by atoms with van der Waals surface area (Å²) in [6.07, 6.45) is 1.89. The number of hydrogen-bond acceptors (Lipinski definition) is 3. The summed E-state index contributed by atoms with van der Waals surface area (Å²) in [6, 6.07) is 6.32. The average molecular weight is 229 g/mol. The Morgan fingerprint density at radius 3 is 2.94 bits per heavy atom. The molecule has 0 amide bonds. The second kappa shape index (κ2) is 3.42. The molecule has 0 bridgehead atoms. The van der Waals surface area contributed by atoms with Gasteiger partial charge in [0.05, 0.1) is 22.4 Å². The summed E-state index contributed by atoms with van der Waals surface area (Å²) in [5.74, 6) is 0. The van der Waals surface area contributed by atoms with Crippen LogP contribution in [0.5, 0.6) is 0 Å². The number of benzene rings is 1. The van der Waals surface area contributed by atoms with Crippen molar-refractivity contribution in [3.8, 4) is 11.3 Å². The third kappa shape index (κ3) is 1.42. The van der Waals surface area contributed by atoms with E-state index in [1.54, 1.807) is 11.3 Å². The van der Waals surface area contributed by atoms with Crippen LogP contribution in [-0.2, 0) is 7.05 Å². The van der Waals surface area contributed by atoms with Gasteiger partial charge in [-0.15, -0.1) is 11.3 Å². The van der Waals surface area contributed by atoms with Gasteiger partial charge in [0.15, 0.2) is 0 Å². The Morgan fingerprint density at radius 2 is 2.19 bits per heavy atom. The molecule has 16 heavy (non-hydrogen) atoms. The molecule has 3 aromatic rings. The van der Waals surface area contributed by atoms with E-state index in [0.29, 0.717) is 0 Å². The van der Waals surface area contributed by atoms with E-state index in [1.807, 2.05) is 24.9 Å². The lowest BCUT2D eigenvalue weighted by Gasteiger charge is -1.98. The largest absolute Gasteiger partial charge is 0.268 e. The molecule has 80 valence electrons. The number of hydrogen-bond donors (Lipinski definition) is 0. The highest BCUT2D eigenvalue weighted by atomic mass is 32.1. The van der Waals surface area contributed by atoms with E-state index in [9.17, 15) is 0 Å². The van der Waals surface area contributed by atoms with Gasteiger partial charge in [-0.1, -0.05) is 6.07 Å². The molecule has 0 fully saturated rings. The Kier molecular flexibility index (Phi) is 2.04. The molecule has 0 spiro atoms. The first-order chi connectivity index (χ1) is 7.74. The molecule has 3 nitrogen and oxygen atoms in total. The van der Waals surface area contributed by atoms with Gasteiger partial charge in [-0.3, -0.25) is 4.68 Å². The molecule has 0 saturated carbocycles. The van der Waals surface area contributed by atoms with Crippen LogP contribution < -0.4 is 0 Å². The van der Waals surface area contributed by atoms with E-state index in [2.05, 4.69) is 33.7 Å². The first kappa shape index (κ1) is 9.54. The zero-order valence-corrected chi connectivity index (χ0v) is 9.95. The number of rotatable bonds is 1. The van der Waals surface area contributed by atoms with Crippen molar-refractivity contribution in [3.63, 3.8) is 0 Å². The molecule has 0 aliphatic rings. The average Bonchev–Trinajstić information content (AvgIpc) is 2.86. The van der Waals surface area contributed by atoms with Crippen LogP contribution in [0.15, 0.2) is 29.8 Å². The summed E-state index contributed by atoms with van der Waals surface area (Å²) >= 11 is 1.68. The van der Waals surface area contributed by atoms with E-state index >= 15 is 0 Å². The molecular weight excluding hydrogens is 218 g/mol. The number of thiazole rings is 1. The van der Waals surface area contributed by atoms with Gasteiger partial charge in [-0.05, 0) is 19.1 Å². The monoisotopic (exact) mass is 229 g/mol. The Balaban J connectivity index is 2.18. The van der Waals surface area contributed by atoms with Gasteiger partial charge in [-0.2, -0.15) is 5.10 Å². The molecule has 0 unspecified atom stereocenters. The van der Waals surface area contributed by atoms with E-state index in [4.69, 9.17) is 0 Å². The number of aryl methyl sites for hydroxylation is 2. The van der Waals surface area contributed by atoms with E-state index < -0.39 is 0 Å². The van der Waals surface area contributed by atoms with Crippen LogP contribution in [0.1, 0.15) is 5.01 Å². The van der Waals surface area contributed by atoms with Crippen LogP contribution in [-0.4, -0.2) is 14.8 Å². The Hall–Kier alpha value is -1.68. The third-order valence-electron chi connectivity index (χ3n) is 2.66. The molecule has 3 rings (SSSR count). The SMILES string of the molecule is Cc1nc(-c2ccc3c(cnn3C)c2)cs1. The second-order valence-corrected chi connectivity index (χ2v) is 4.86. The van der Waals surface area contributed by atoms with Gasteiger partial charge in [0.25, 0.3) is 0 Å². The topological polar surface area (TPSA) is 30.7 Å². The minimum absolute atomic E-state index is 1.05. The highest BCUT2D eigenvalue weighted by Crippen LogP contribution is 2.25. The van der Waals surface area contributed by atoms with Crippen LogP contribution in [0.3, 0.4) is 0 Å². The van der Waals surface area contributed by atoms with Crippen molar-refractivity contribution in [2.45, 2.75) is 6.92 Å². The normalized spacial score (nSPS) is 11.1. The molecule has 0 aliphatic carbocycles. The lowest BCUT2D eigenvalue weighted by molar-refractivity contribution is 0.797. The van der Waals surface area contributed by atoms with Crippen molar-refractivity contribution in [2.75, 3.05) is 0 Å². The summed E-state index contributed by atoms with van der Waals surface area (Å²) in [6.45, 7) is 2.02. The van der Waals surface area contributed by atoms with Crippen molar-refractivity contribution in [2.24, 2.45) is 7.05 Å². The number of aromatic nitrogens is 3. The molecular formula is C12H11N3S. The second-order valence-electron chi connectivity index (χ2n) is 3.79. The summed E-state index contributed by atoms with van der Waals surface area (Å²) in [4.78, 5) is 4.49. The molecule has 0 atom stereocenters. The van der Waals surface area contributed by atoms with Gasteiger partial charge in [0.2, 0.25) is 0 Å². The molecule has 0 saturated heterocycles. The Bertz CT molecular complexity index is 651. The maximum Gasteiger partial charge on any atom is 0.0901 e. The fourth-order valence-electron chi connectivity index (χ4n) is 1.82. The van der Waals surface area contributed by atoms with E-state index in [1.165, 1.54) is 0 Å². The predicted molar refractivity (Wildman–Crippen MR) is 66.6 cm³/mol. The van der Waals surface area contributed by atoms with Crippen LogP contribution in [0.4, 0.5) is 0 Å². The molecule has 1 aromatic carbocycles. The lowest BCUT2D eigenvalue weighted by Crippen LogP contribution is -1.88. The first-order valence-electron chi connectivity index (χ1n) is 5.08. The van der Waals surface area contributed by atoms with E-state index in [-0.39, 0.29) is 0 Å². The van der Waals surface area contributed by atoms with Crippen molar-refractivity contribution in [3.05, 3.63) is 34.8 Å². The highest BCUT2D eigenvalue weighted by molar-refractivity contribution is 7.09. The van der Waals surface area contributed by atoms with Gasteiger partial charge in [0, 0.05) is 23.4 Å². The molecule has 0 aliphatic heterocycles. The molecule has 4 heteroatoms. The van der Waals surface area contributed by atoms with Crippen molar-refractivity contribution >= 4 is 22.2 Å². The maximum atomic E-state index is 4.49. The van der Waals surface area contributed by atoms with Gasteiger partial charge in [0.1, 0.15) is 0 Å². The van der Waals surface area contributed by atoms with Gasteiger partial charge in [-0.25, -0.2) is 4.98 Å². The summed E-state index contributed by atoms with van der Waals surface area (Å²) in [5.41, 5.74) is 3.36. The fraction of sp³-hybridized carbons (Fsp3) is 0.167. The van der Waals surface area contributed by atoms with Crippen LogP contribution in [0.2, 0.25) is 0 Å². The summed E-state index contributed by atoms with van der Waals surface area (Å²) in [7, 11) is 1.95.